The van der Waals surface area contributed by atoms with Gasteiger partial charge in [-0.1, -0.05) is 57.6 Å². The third-order valence-corrected chi connectivity index (χ3v) is 4.05. The average molecular weight is 322 g/mol. The molecular weight excluding hydrogens is 286 g/mol. The maximum absolute atomic E-state index is 9.22. The van der Waals surface area contributed by atoms with E-state index in [1.807, 2.05) is 12.1 Å². The Labute approximate surface area is 142 Å². The molecule has 0 radical (unpaired) electrons. The minimum Gasteiger partial charge on any atom is -0.508 e. The van der Waals surface area contributed by atoms with Gasteiger partial charge in [0.2, 0.25) is 0 Å². The molecule has 1 aromatic carbocycles. The SMILES string of the molecule is CCCCCCCOCCCCCCNCc1ccc(O)cc1. The molecule has 0 unspecified atom stereocenters. The molecule has 0 aromatic heterocycles. The summed E-state index contributed by atoms with van der Waals surface area (Å²) in [6.07, 6.45) is 11.5. The number of hydrogen-bond donors (Lipinski definition) is 2. The van der Waals surface area contributed by atoms with Crippen molar-refractivity contribution in [2.45, 2.75) is 71.3 Å². The van der Waals surface area contributed by atoms with Crippen LogP contribution in [0.1, 0.15) is 70.3 Å². The van der Waals surface area contributed by atoms with E-state index in [1.165, 1.54) is 63.4 Å². The number of phenols is 1. The van der Waals surface area contributed by atoms with Gasteiger partial charge in [0.25, 0.3) is 0 Å². The Kier molecular flexibility index (Phi) is 12.6. The van der Waals surface area contributed by atoms with E-state index in [9.17, 15) is 5.11 Å². The fourth-order valence-corrected chi connectivity index (χ4v) is 2.56. The number of ether oxygens (including phenoxy) is 1. The molecule has 0 aliphatic carbocycles. The molecule has 0 heterocycles. The summed E-state index contributed by atoms with van der Waals surface area (Å²) < 4.78 is 5.67. The van der Waals surface area contributed by atoms with Gasteiger partial charge >= 0.3 is 0 Å². The van der Waals surface area contributed by atoms with Crippen molar-refractivity contribution >= 4 is 0 Å². The highest BCUT2D eigenvalue weighted by atomic mass is 16.5. The first-order chi connectivity index (χ1) is 11.3. The number of aromatic hydroxyl groups is 1. The normalized spacial score (nSPS) is 11.0. The first kappa shape index (κ1) is 20.0. The molecule has 1 aromatic rings. The Morgan fingerprint density at radius 2 is 1.43 bits per heavy atom. The molecule has 2 N–H and O–H groups in total. The van der Waals surface area contributed by atoms with Crippen LogP contribution in [0, 0.1) is 0 Å². The van der Waals surface area contributed by atoms with Crippen molar-refractivity contribution in [1.29, 1.82) is 0 Å². The van der Waals surface area contributed by atoms with Crippen LogP contribution in [0.15, 0.2) is 24.3 Å². The topological polar surface area (TPSA) is 41.5 Å². The van der Waals surface area contributed by atoms with Gasteiger partial charge in [-0.3, -0.25) is 0 Å². The molecule has 0 atom stereocenters. The van der Waals surface area contributed by atoms with E-state index in [2.05, 4.69) is 12.2 Å². The van der Waals surface area contributed by atoms with Crippen LogP contribution in [-0.4, -0.2) is 24.9 Å². The van der Waals surface area contributed by atoms with E-state index in [4.69, 9.17) is 4.74 Å². The number of nitrogens with one attached hydrogen (secondary N) is 1. The third-order valence-electron chi connectivity index (χ3n) is 4.05. The second kappa shape index (κ2) is 14.5. The van der Waals surface area contributed by atoms with Crippen molar-refractivity contribution in [2.24, 2.45) is 0 Å². The van der Waals surface area contributed by atoms with Gasteiger partial charge in [0, 0.05) is 19.8 Å². The first-order valence-corrected chi connectivity index (χ1v) is 9.39. The Morgan fingerprint density at radius 1 is 0.826 bits per heavy atom. The zero-order chi connectivity index (χ0) is 16.6. The van der Waals surface area contributed by atoms with Crippen LogP contribution >= 0.6 is 0 Å². The first-order valence-electron chi connectivity index (χ1n) is 9.39. The Hall–Kier alpha value is -1.06. The van der Waals surface area contributed by atoms with E-state index < -0.39 is 0 Å². The second-order valence-electron chi connectivity index (χ2n) is 6.28. The van der Waals surface area contributed by atoms with Crippen LogP contribution in [0.3, 0.4) is 0 Å². The molecule has 23 heavy (non-hydrogen) atoms. The van der Waals surface area contributed by atoms with Gasteiger partial charge in [-0.2, -0.15) is 0 Å². The lowest BCUT2D eigenvalue weighted by Crippen LogP contribution is -2.14. The highest BCUT2D eigenvalue weighted by Gasteiger charge is 1.95. The number of rotatable bonds is 15. The van der Waals surface area contributed by atoms with E-state index in [-0.39, 0.29) is 0 Å². The van der Waals surface area contributed by atoms with Crippen LogP contribution in [0.5, 0.6) is 5.75 Å². The zero-order valence-corrected chi connectivity index (χ0v) is 14.9. The van der Waals surface area contributed by atoms with Crippen molar-refractivity contribution in [1.82, 2.24) is 5.32 Å². The van der Waals surface area contributed by atoms with Gasteiger partial charge in [0.15, 0.2) is 0 Å². The van der Waals surface area contributed by atoms with Gasteiger partial charge in [-0.05, 0) is 43.5 Å². The van der Waals surface area contributed by atoms with Crippen molar-refractivity contribution in [3.8, 4) is 5.75 Å². The standard InChI is InChI=1S/C20H35NO2/c1-2-3-4-6-9-16-23-17-10-7-5-8-15-21-18-19-11-13-20(22)14-12-19/h11-14,21-22H,2-10,15-18H2,1H3. The average Bonchev–Trinajstić information content (AvgIpc) is 2.57. The second-order valence-corrected chi connectivity index (χ2v) is 6.28. The monoisotopic (exact) mass is 321 g/mol. The molecule has 132 valence electrons. The van der Waals surface area contributed by atoms with Crippen molar-refractivity contribution < 1.29 is 9.84 Å². The molecule has 3 nitrogen and oxygen atoms in total. The van der Waals surface area contributed by atoms with Crippen LogP contribution in [-0.2, 0) is 11.3 Å². The molecule has 0 spiro atoms. The van der Waals surface area contributed by atoms with Crippen molar-refractivity contribution in [3.05, 3.63) is 29.8 Å². The third kappa shape index (κ3) is 12.1. The van der Waals surface area contributed by atoms with Gasteiger partial charge in [0.1, 0.15) is 5.75 Å². The lowest BCUT2D eigenvalue weighted by Gasteiger charge is -2.06. The molecule has 1 rings (SSSR count). The number of hydrogen-bond acceptors (Lipinski definition) is 3. The highest BCUT2D eigenvalue weighted by molar-refractivity contribution is 5.25. The van der Waals surface area contributed by atoms with Gasteiger partial charge in [-0.25, -0.2) is 0 Å². The molecule has 0 aliphatic heterocycles. The largest absolute Gasteiger partial charge is 0.508 e. The number of phenolic OH excluding ortho intramolecular Hbond substituents is 1. The molecular formula is C20H35NO2. The smallest absolute Gasteiger partial charge is 0.115 e. The van der Waals surface area contributed by atoms with Crippen LogP contribution < -0.4 is 5.32 Å². The Morgan fingerprint density at radius 3 is 2.09 bits per heavy atom. The fourth-order valence-electron chi connectivity index (χ4n) is 2.56. The summed E-state index contributed by atoms with van der Waals surface area (Å²) in [5, 5.41) is 12.7. The maximum Gasteiger partial charge on any atom is 0.115 e. The molecule has 0 amide bonds. The summed E-state index contributed by atoms with van der Waals surface area (Å²) in [5.74, 6) is 0.330. The van der Waals surface area contributed by atoms with Crippen molar-refractivity contribution in [3.63, 3.8) is 0 Å². The number of unbranched alkanes of at least 4 members (excludes halogenated alkanes) is 7. The number of benzene rings is 1. The minimum absolute atomic E-state index is 0.330. The summed E-state index contributed by atoms with van der Waals surface area (Å²) in [4.78, 5) is 0. The van der Waals surface area contributed by atoms with E-state index in [1.54, 1.807) is 12.1 Å². The summed E-state index contributed by atoms with van der Waals surface area (Å²) in [7, 11) is 0. The molecule has 0 bridgehead atoms. The lowest BCUT2D eigenvalue weighted by atomic mass is 10.2. The molecule has 0 fully saturated rings. The minimum atomic E-state index is 0.330. The van der Waals surface area contributed by atoms with Gasteiger partial charge in [0.05, 0.1) is 0 Å². The van der Waals surface area contributed by atoms with E-state index in [0.717, 1.165) is 26.3 Å². The summed E-state index contributed by atoms with van der Waals surface area (Å²) >= 11 is 0. The molecule has 0 saturated carbocycles. The maximum atomic E-state index is 9.22. The van der Waals surface area contributed by atoms with Gasteiger partial charge in [-0.15, -0.1) is 0 Å². The lowest BCUT2D eigenvalue weighted by molar-refractivity contribution is 0.125. The summed E-state index contributed by atoms with van der Waals surface area (Å²) in [5.41, 5.74) is 1.22. The Bertz CT molecular complexity index is 364. The quantitative estimate of drug-likeness (QED) is 0.445. The van der Waals surface area contributed by atoms with Crippen LogP contribution in [0.2, 0.25) is 0 Å². The van der Waals surface area contributed by atoms with Crippen molar-refractivity contribution in [2.75, 3.05) is 19.8 Å². The fraction of sp³-hybridized carbons (Fsp3) is 0.700. The van der Waals surface area contributed by atoms with Gasteiger partial charge < -0.3 is 15.2 Å². The summed E-state index contributed by atoms with van der Waals surface area (Å²) in [6.45, 7) is 6.05. The van der Waals surface area contributed by atoms with E-state index in [0.29, 0.717) is 5.75 Å². The molecule has 3 heteroatoms. The predicted molar refractivity (Wildman–Crippen MR) is 97.9 cm³/mol. The van der Waals surface area contributed by atoms with E-state index >= 15 is 0 Å². The van der Waals surface area contributed by atoms with Crippen LogP contribution in [0.25, 0.3) is 0 Å². The highest BCUT2D eigenvalue weighted by Crippen LogP contribution is 2.09. The molecule has 0 saturated heterocycles. The summed E-state index contributed by atoms with van der Waals surface area (Å²) in [6, 6.07) is 7.39. The Balaban J connectivity index is 1.77. The van der Waals surface area contributed by atoms with Crippen LogP contribution in [0.4, 0.5) is 0 Å². The zero-order valence-electron chi connectivity index (χ0n) is 14.9. The molecule has 0 aliphatic rings. The predicted octanol–water partition coefficient (Wildman–Crippen LogP) is 5.03.